The Morgan fingerprint density at radius 1 is 0.941 bits per heavy atom. The van der Waals surface area contributed by atoms with E-state index in [1.165, 1.54) is 0 Å². The van der Waals surface area contributed by atoms with Gasteiger partial charge in [-0.3, -0.25) is 0 Å². The van der Waals surface area contributed by atoms with Crippen LogP contribution in [0, 0.1) is 0 Å². The number of carbonyl (C=O) groups excluding carboxylic acids is 2. The topological polar surface area (TPSA) is 61.8 Å². The molecule has 2 aliphatic heterocycles. The van der Waals surface area contributed by atoms with Gasteiger partial charge < -0.3 is 14.2 Å². The molecule has 2 aliphatic rings. The van der Waals surface area contributed by atoms with Gasteiger partial charge in [-0.2, -0.15) is 0 Å². The number of ether oxygens (including phenoxy) is 3. The minimum Gasteiger partial charge on any atom is -0.389 e. The summed E-state index contributed by atoms with van der Waals surface area (Å²) in [5.74, 6) is -1.20. The van der Waals surface area contributed by atoms with Gasteiger partial charge in [-0.15, -0.1) is 0 Å². The third-order valence-corrected chi connectivity index (χ3v) is 3.49. The van der Waals surface area contributed by atoms with E-state index in [1.54, 1.807) is 13.8 Å². The molecule has 5 heteroatoms. The normalized spacial score (nSPS) is 37.1. The second-order valence-electron chi connectivity index (χ2n) is 5.04. The van der Waals surface area contributed by atoms with Crippen molar-refractivity contribution in [1.29, 1.82) is 0 Å². The predicted molar refractivity (Wildman–Crippen MR) is 58.3 cm³/mol. The Balaban J connectivity index is 1.96. The Bertz CT molecular complexity index is 292. The first kappa shape index (κ1) is 12.5. The van der Waals surface area contributed by atoms with Gasteiger partial charge in [0.15, 0.2) is 11.2 Å². The molecule has 2 unspecified atom stereocenters. The molecule has 0 radical (unpaired) electrons. The molecule has 0 spiro atoms. The van der Waals surface area contributed by atoms with Crippen LogP contribution in [0.5, 0.6) is 0 Å². The Morgan fingerprint density at radius 2 is 1.35 bits per heavy atom. The van der Waals surface area contributed by atoms with Crippen LogP contribution in [0.15, 0.2) is 0 Å². The highest BCUT2D eigenvalue weighted by Gasteiger charge is 2.45. The molecule has 0 aliphatic carbocycles. The van der Waals surface area contributed by atoms with Crippen molar-refractivity contribution in [3.8, 4) is 0 Å². The summed E-state index contributed by atoms with van der Waals surface area (Å²) >= 11 is 0. The molecule has 2 heterocycles. The quantitative estimate of drug-likeness (QED) is 0.537. The van der Waals surface area contributed by atoms with Crippen LogP contribution in [0.25, 0.3) is 0 Å². The largest absolute Gasteiger partial charge is 0.389 e. The van der Waals surface area contributed by atoms with Crippen LogP contribution in [-0.4, -0.2) is 36.4 Å². The maximum Gasteiger partial charge on any atom is 0.345 e. The van der Waals surface area contributed by atoms with E-state index < -0.39 is 23.1 Å². The van der Waals surface area contributed by atoms with E-state index in [9.17, 15) is 9.59 Å². The van der Waals surface area contributed by atoms with Crippen LogP contribution >= 0.6 is 0 Å². The molecule has 2 atom stereocenters. The van der Waals surface area contributed by atoms with E-state index in [-0.39, 0.29) is 0 Å². The average molecular weight is 242 g/mol. The lowest BCUT2D eigenvalue weighted by Gasteiger charge is -2.24. The maximum atomic E-state index is 11.9. The summed E-state index contributed by atoms with van der Waals surface area (Å²) in [6, 6.07) is 0. The number of hydrogen-bond donors (Lipinski definition) is 0. The molecule has 0 aromatic heterocycles. The van der Waals surface area contributed by atoms with Crippen molar-refractivity contribution in [1.82, 2.24) is 0 Å². The Morgan fingerprint density at radius 3 is 1.65 bits per heavy atom. The lowest BCUT2D eigenvalue weighted by molar-refractivity contribution is -0.184. The molecule has 17 heavy (non-hydrogen) atoms. The van der Waals surface area contributed by atoms with Gasteiger partial charge in [0.1, 0.15) is 0 Å². The molecular weight excluding hydrogens is 224 g/mol. The summed E-state index contributed by atoms with van der Waals surface area (Å²) in [6.07, 6.45) is 2.81. The Hall–Kier alpha value is -0.940. The van der Waals surface area contributed by atoms with Crippen LogP contribution in [0.1, 0.15) is 39.5 Å². The van der Waals surface area contributed by atoms with Crippen LogP contribution in [0.4, 0.5) is 0 Å². The molecular formula is C12H18O5. The number of rotatable bonds is 2. The fraction of sp³-hybridized carbons (Fsp3) is 0.833. The van der Waals surface area contributed by atoms with Gasteiger partial charge in [0.2, 0.25) is 0 Å². The molecule has 5 nitrogen and oxygen atoms in total. The summed E-state index contributed by atoms with van der Waals surface area (Å²) in [4.78, 5) is 23.7. The molecule has 2 fully saturated rings. The zero-order valence-electron chi connectivity index (χ0n) is 10.3. The average Bonchev–Trinajstić information content (AvgIpc) is 2.89. The Labute approximate surface area is 100 Å². The van der Waals surface area contributed by atoms with Crippen molar-refractivity contribution in [2.45, 2.75) is 50.7 Å². The number of hydrogen-bond acceptors (Lipinski definition) is 5. The van der Waals surface area contributed by atoms with E-state index in [2.05, 4.69) is 0 Å². The van der Waals surface area contributed by atoms with Crippen LogP contribution < -0.4 is 0 Å². The molecule has 0 bridgehead atoms. The zero-order chi connectivity index (χ0) is 12.5. The van der Waals surface area contributed by atoms with Gasteiger partial charge in [0, 0.05) is 13.2 Å². The van der Waals surface area contributed by atoms with E-state index in [4.69, 9.17) is 14.2 Å². The smallest absolute Gasteiger partial charge is 0.345 e. The summed E-state index contributed by atoms with van der Waals surface area (Å²) < 4.78 is 15.6. The SMILES string of the molecule is CC1(C(=O)OC(=O)C2(C)CCCO2)CCCO1. The lowest BCUT2D eigenvalue weighted by Crippen LogP contribution is -2.43. The molecule has 0 aromatic rings. The molecule has 0 N–H and O–H groups in total. The zero-order valence-corrected chi connectivity index (χ0v) is 10.3. The van der Waals surface area contributed by atoms with Crippen LogP contribution in [0.2, 0.25) is 0 Å². The summed E-state index contributed by atoms with van der Waals surface area (Å²) in [5.41, 5.74) is -1.94. The molecule has 0 aromatic carbocycles. The second-order valence-corrected chi connectivity index (χ2v) is 5.04. The lowest BCUT2D eigenvalue weighted by atomic mass is 10.0. The van der Waals surface area contributed by atoms with Crippen molar-refractivity contribution >= 4 is 11.9 Å². The number of carbonyl (C=O) groups is 2. The van der Waals surface area contributed by atoms with Gasteiger partial charge in [-0.1, -0.05) is 0 Å². The minimum absolute atomic E-state index is 0.535. The van der Waals surface area contributed by atoms with Gasteiger partial charge in [0.25, 0.3) is 0 Å². The van der Waals surface area contributed by atoms with E-state index in [0.29, 0.717) is 26.1 Å². The van der Waals surface area contributed by atoms with Crippen molar-refractivity contribution in [3.63, 3.8) is 0 Å². The van der Waals surface area contributed by atoms with Crippen LogP contribution in [0.3, 0.4) is 0 Å². The van der Waals surface area contributed by atoms with Crippen molar-refractivity contribution in [2.24, 2.45) is 0 Å². The predicted octanol–water partition coefficient (Wildman–Crippen LogP) is 1.19. The van der Waals surface area contributed by atoms with E-state index in [1.807, 2.05) is 0 Å². The van der Waals surface area contributed by atoms with E-state index in [0.717, 1.165) is 12.8 Å². The first-order chi connectivity index (χ1) is 7.96. The first-order valence-corrected chi connectivity index (χ1v) is 6.01. The molecule has 2 saturated heterocycles. The third kappa shape index (κ3) is 2.35. The van der Waals surface area contributed by atoms with Gasteiger partial charge in [-0.05, 0) is 39.5 Å². The highest BCUT2D eigenvalue weighted by molar-refractivity contribution is 5.93. The second kappa shape index (κ2) is 4.38. The molecule has 0 amide bonds. The molecule has 96 valence electrons. The van der Waals surface area contributed by atoms with Crippen LogP contribution in [-0.2, 0) is 23.8 Å². The summed E-state index contributed by atoms with van der Waals surface area (Å²) in [6.45, 7) is 4.39. The van der Waals surface area contributed by atoms with Crippen molar-refractivity contribution in [3.05, 3.63) is 0 Å². The monoisotopic (exact) mass is 242 g/mol. The van der Waals surface area contributed by atoms with Gasteiger partial charge in [0.05, 0.1) is 0 Å². The van der Waals surface area contributed by atoms with Crippen molar-refractivity contribution < 1.29 is 23.8 Å². The molecule has 0 saturated carbocycles. The number of esters is 2. The summed E-state index contributed by atoms with van der Waals surface area (Å²) in [5, 5.41) is 0. The standard InChI is InChI=1S/C12H18O5/c1-11(5-3-7-15-11)9(13)17-10(14)12(2)6-4-8-16-12/h3-8H2,1-2H3. The Kier molecular flexibility index (Phi) is 3.23. The summed E-state index contributed by atoms with van der Waals surface area (Å²) in [7, 11) is 0. The van der Waals surface area contributed by atoms with Crippen molar-refractivity contribution in [2.75, 3.05) is 13.2 Å². The highest BCUT2D eigenvalue weighted by Crippen LogP contribution is 2.30. The fourth-order valence-electron chi connectivity index (χ4n) is 2.18. The van der Waals surface area contributed by atoms with Gasteiger partial charge >= 0.3 is 11.9 Å². The minimum atomic E-state index is -0.968. The maximum absolute atomic E-state index is 11.9. The molecule has 2 rings (SSSR count). The first-order valence-electron chi connectivity index (χ1n) is 6.01. The highest BCUT2D eigenvalue weighted by atomic mass is 16.6. The third-order valence-electron chi connectivity index (χ3n) is 3.49. The van der Waals surface area contributed by atoms with E-state index >= 15 is 0 Å². The van der Waals surface area contributed by atoms with Gasteiger partial charge in [-0.25, -0.2) is 9.59 Å². The fourth-order valence-corrected chi connectivity index (χ4v) is 2.18.